The third-order valence-electron chi connectivity index (χ3n) is 4.35. The fourth-order valence-electron chi connectivity index (χ4n) is 3.21. The SMILES string of the molecule is Cc1cc2c3c(c1C)C=NC=CC31C=CCC=C1O2. The van der Waals surface area contributed by atoms with Crippen molar-refractivity contribution in [3.8, 4) is 5.75 Å². The minimum Gasteiger partial charge on any atom is -0.460 e. The Bertz CT molecular complexity index is 706. The second-order valence-electron chi connectivity index (χ2n) is 5.38. The second kappa shape index (κ2) is 3.47. The number of ether oxygens (including phenoxy) is 1. The van der Waals surface area contributed by atoms with Gasteiger partial charge in [-0.05, 0) is 49.6 Å². The number of aliphatic imine (C=N–C) groups is 1. The molecule has 1 unspecified atom stereocenters. The maximum atomic E-state index is 6.11. The van der Waals surface area contributed by atoms with Crippen LogP contribution in [0.3, 0.4) is 0 Å². The minimum absolute atomic E-state index is 0.238. The summed E-state index contributed by atoms with van der Waals surface area (Å²) in [7, 11) is 0. The van der Waals surface area contributed by atoms with Crippen molar-refractivity contribution >= 4 is 6.21 Å². The summed E-state index contributed by atoms with van der Waals surface area (Å²) in [6.45, 7) is 4.28. The van der Waals surface area contributed by atoms with Gasteiger partial charge in [-0.1, -0.05) is 12.2 Å². The van der Waals surface area contributed by atoms with E-state index in [0.717, 1.165) is 17.9 Å². The topological polar surface area (TPSA) is 21.6 Å². The van der Waals surface area contributed by atoms with Crippen molar-refractivity contribution in [1.82, 2.24) is 0 Å². The molecule has 19 heavy (non-hydrogen) atoms. The van der Waals surface area contributed by atoms with Gasteiger partial charge in [0, 0.05) is 23.5 Å². The van der Waals surface area contributed by atoms with Crippen LogP contribution in [0.1, 0.15) is 28.7 Å². The van der Waals surface area contributed by atoms with Gasteiger partial charge in [-0.3, -0.25) is 4.99 Å². The molecule has 0 fully saturated rings. The summed E-state index contributed by atoms with van der Waals surface area (Å²) < 4.78 is 6.11. The Labute approximate surface area is 112 Å². The molecule has 0 amide bonds. The molecule has 1 aliphatic carbocycles. The molecule has 1 aromatic carbocycles. The molecule has 1 aromatic rings. The highest BCUT2D eigenvalue weighted by Crippen LogP contribution is 2.52. The lowest BCUT2D eigenvalue weighted by molar-refractivity contribution is 0.414. The van der Waals surface area contributed by atoms with E-state index in [4.69, 9.17) is 4.74 Å². The molecule has 94 valence electrons. The Morgan fingerprint density at radius 2 is 2.16 bits per heavy atom. The molecule has 1 spiro atoms. The zero-order valence-corrected chi connectivity index (χ0v) is 11.1. The number of rotatable bonds is 0. The molecule has 2 nitrogen and oxygen atoms in total. The fourth-order valence-corrected chi connectivity index (χ4v) is 3.21. The van der Waals surface area contributed by atoms with Crippen LogP contribution >= 0.6 is 0 Å². The molecule has 0 saturated carbocycles. The molecule has 0 N–H and O–H groups in total. The monoisotopic (exact) mass is 249 g/mol. The van der Waals surface area contributed by atoms with E-state index in [1.165, 1.54) is 22.3 Å². The number of aryl methyl sites for hydroxylation is 1. The summed E-state index contributed by atoms with van der Waals surface area (Å²) in [5, 5.41) is 0. The summed E-state index contributed by atoms with van der Waals surface area (Å²) in [6.07, 6.45) is 13.5. The first-order valence-electron chi connectivity index (χ1n) is 6.64. The Morgan fingerprint density at radius 1 is 1.26 bits per heavy atom. The highest BCUT2D eigenvalue weighted by Gasteiger charge is 2.45. The van der Waals surface area contributed by atoms with Gasteiger partial charge in [0.25, 0.3) is 0 Å². The molecular formula is C17H15NO. The van der Waals surface area contributed by atoms with E-state index in [-0.39, 0.29) is 5.41 Å². The van der Waals surface area contributed by atoms with E-state index < -0.39 is 0 Å². The zero-order chi connectivity index (χ0) is 13.0. The molecule has 1 atom stereocenters. The van der Waals surface area contributed by atoms with Crippen LogP contribution in [0.15, 0.2) is 47.3 Å². The Hall–Kier alpha value is -2.09. The van der Waals surface area contributed by atoms with Gasteiger partial charge in [-0.2, -0.15) is 0 Å². The van der Waals surface area contributed by atoms with Gasteiger partial charge in [0.2, 0.25) is 0 Å². The highest BCUT2D eigenvalue weighted by molar-refractivity contribution is 5.89. The smallest absolute Gasteiger partial charge is 0.132 e. The normalized spacial score (nSPS) is 25.5. The van der Waals surface area contributed by atoms with Gasteiger partial charge < -0.3 is 4.74 Å². The Morgan fingerprint density at radius 3 is 3.05 bits per heavy atom. The highest BCUT2D eigenvalue weighted by atomic mass is 16.5. The summed E-state index contributed by atoms with van der Waals surface area (Å²) in [5.41, 5.74) is 4.75. The quantitative estimate of drug-likeness (QED) is 0.642. The van der Waals surface area contributed by atoms with E-state index in [1.807, 2.05) is 12.4 Å². The van der Waals surface area contributed by atoms with Crippen LogP contribution in [0.2, 0.25) is 0 Å². The summed E-state index contributed by atoms with van der Waals surface area (Å²) in [5.74, 6) is 2.01. The van der Waals surface area contributed by atoms with Gasteiger partial charge >= 0.3 is 0 Å². The number of benzene rings is 1. The number of hydrogen-bond acceptors (Lipinski definition) is 2. The van der Waals surface area contributed by atoms with Crippen molar-refractivity contribution in [3.63, 3.8) is 0 Å². The minimum atomic E-state index is -0.238. The molecule has 0 saturated heterocycles. The van der Waals surface area contributed by atoms with Crippen molar-refractivity contribution in [1.29, 1.82) is 0 Å². The van der Waals surface area contributed by atoms with Crippen molar-refractivity contribution < 1.29 is 4.74 Å². The molecule has 0 bridgehead atoms. The first-order valence-corrected chi connectivity index (χ1v) is 6.64. The first kappa shape index (κ1) is 10.8. The Balaban J connectivity index is 2.15. The van der Waals surface area contributed by atoms with Crippen LogP contribution in [0.4, 0.5) is 0 Å². The standard InChI is InChI=1S/C17H15NO/c1-11-9-14-16-13(12(11)2)10-18-8-7-17(16)6-4-3-5-15(17)19-14/h4-10H,3H2,1-2H3. The van der Waals surface area contributed by atoms with Crippen molar-refractivity contribution in [3.05, 3.63) is 64.6 Å². The van der Waals surface area contributed by atoms with E-state index in [2.05, 4.69) is 49.2 Å². The zero-order valence-electron chi connectivity index (χ0n) is 11.1. The van der Waals surface area contributed by atoms with Gasteiger partial charge in [0.1, 0.15) is 11.5 Å². The third kappa shape index (κ3) is 1.24. The van der Waals surface area contributed by atoms with Gasteiger partial charge in [0.05, 0.1) is 5.41 Å². The van der Waals surface area contributed by atoms with Crippen LogP contribution in [0, 0.1) is 13.8 Å². The lowest BCUT2D eigenvalue weighted by Gasteiger charge is -2.25. The van der Waals surface area contributed by atoms with Crippen molar-refractivity contribution in [2.45, 2.75) is 25.7 Å². The lowest BCUT2D eigenvalue weighted by Crippen LogP contribution is -2.23. The van der Waals surface area contributed by atoms with Gasteiger partial charge in [0.15, 0.2) is 0 Å². The van der Waals surface area contributed by atoms with Crippen LogP contribution in [-0.2, 0) is 5.41 Å². The molecule has 0 radical (unpaired) electrons. The molecule has 2 aliphatic heterocycles. The van der Waals surface area contributed by atoms with E-state index in [0.29, 0.717) is 0 Å². The maximum Gasteiger partial charge on any atom is 0.132 e. The second-order valence-corrected chi connectivity index (χ2v) is 5.38. The third-order valence-corrected chi connectivity index (χ3v) is 4.35. The number of allylic oxidation sites excluding steroid dienone is 3. The molecular weight excluding hydrogens is 234 g/mol. The van der Waals surface area contributed by atoms with Crippen LogP contribution in [-0.4, -0.2) is 6.21 Å². The van der Waals surface area contributed by atoms with Crippen LogP contribution in [0.5, 0.6) is 5.75 Å². The van der Waals surface area contributed by atoms with Crippen LogP contribution in [0.25, 0.3) is 0 Å². The number of nitrogens with zero attached hydrogens (tertiary/aromatic N) is 1. The predicted octanol–water partition coefficient (Wildman–Crippen LogP) is 3.72. The van der Waals surface area contributed by atoms with E-state index in [9.17, 15) is 0 Å². The van der Waals surface area contributed by atoms with Crippen molar-refractivity contribution in [2.24, 2.45) is 4.99 Å². The van der Waals surface area contributed by atoms with Crippen molar-refractivity contribution in [2.75, 3.05) is 0 Å². The van der Waals surface area contributed by atoms with E-state index in [1.54, 1.807) is 0 Å². The lowest BCUT2D eigenvalue weighted by atomic mass is 9.74. The maximum absolute atomic E-state index is 6.11. The van der Waals surface area contributed by atoms with Crippen LogP contribution < -0.4 is 4.74 Å². The molecule has 2 heterocycles. The average molecular weight is 249 g/mol. The summed E-state index contributed by atoms with van der Waals surface area (Å²) in [6, 6.07) is 2.15. The predicted molar refractivity (Wildman–Crippen MR) is 76.8 cm³/mol. The molecule has 3 aliphatic rings. The summed E-state index contributed by atoms with van der Waals surface area (Å²) in [4.78, 5) is 4.40. The molecule has 0 aromatic heterocycles. The Kier molecular flexibility index (Phi) is 1.97. The first-order chi connectivity index (χ1) is 9.22. The van der Waals surface area contributed by atoms with Gasteiger partial charge in [-0.15, -0.1) is 0 Å². The largest absolute Gasteiger partial charge is 0.460 e. The summed E-state index contributed by atoms with van der Waals surface area (Å²) >= 11 is 0. The van der Waals surface area contributed by atoms with E-state index >= 15 is 0 Å². The average Bonchev–Trinajstić information content (AvgIpc) is 2.60. The fraction of sp³-hybridized carbons (Fsp3) is 0.235. The van der Waals surface area contributed by atoms with Gasteiger partial charge in [-0.25, -0.2) is 0 Å². The number of hydrogen-bond donors (Lipinski definition) is 0. The molecule has 4 rings (SSSR count). The molecule has 2 heteroatoms.